The summed E-state index contributed by atoms with van der Waals surface area (Å²) >= 11 is 5.75. The molecule has 0 unspecified atom stereocenters. The van der Waals surface area contributed by atoms with Crippen molar-refractivity contribution in [1.29, 1.82) is 0 Å². The standard InChI is InChI=1S/C14H10ClF3O2/c15-11-7-10(14(16,17)18)5-6-13(11)20-8-9-3-1-2-4-12(9)19/h1-7,19H,8H2. The third-order valence-electron chi connectivity index (χ3n) is 2.63. The number of aromatic hydroxyl groups is 1. The topological polar surface area (TPSA) is 29.5 Å². The summed E-state index contributed by atoms with van der Waals surface area (Å²) in [5.41, 5.74) is -0.319. The Kier molecular flexibility index (Phi) is 4.09. The SMILES string of the molecule is Oc1ccccc1COc1ccc(C(F)(F)F)cc1Cl. The molecule has 6 heteroatoms. The summed E-state index contributed by atoms with van der Waals surface area (Å²) in [4.78, 5) is 0. The first-order valence-electron chi connectivity index (χ1n) is 5.64. The van der Waals surface area contributed by atoms with Crippen LogP contribution in [0.4, 0.5) is 13.2 Å². The van der Waals surface area contributed by atoms with Gasteiger partial charge in [-0.3, -0.25) is 0 Å². The summed E-state index contributed by atoms with van der Waals surface area (Å²) < 4.78 is 42.7. The van der Waals surface area contributed by atoms with Crippen LogP contribution >= 0.6 is 11.6 Å². The zero-order valence-corrected chi connectivity index (χ0v) is 10.9. The van der Waals surface area contributed by atoms with E-state index in [9.17, 15) is 18.3 Å². The van der Waals surface area contributed by atoms with Gasteiger partial charge in [0.05, 0.1) is 10.6 Å². The summed E-state index contributed by atoms with van der Waals surface area (Å²) in [6, 6.07) is 9.37. The predicted octanol–water partition coefficient (Wildman–Crippen LogP) is 4.64. The van der Waals surface area contributed by atoms with E-state index in [1.165, 1.54) is 6.07 Å². The van der Waals surface area contributed by atoms with Gasteiger partial charge in [0.2, 0.25) is 0 Å². The maximum Gasteiger partial charge on any atom is 0.416 e. The van der Waals surface area contributed by atoms with Crippen LogP contribution in [-0.2, 0) is 12.8 Å². The third kappa shape index (κ3) is 3.36. The van der Waals surface area contributed by atoms with Crippen molar-refractivity contribution in [2.75, 3.05) is 0 Å². The largest absolute Gasteiger partial charge is 0.508 e. The number of halogens is 4. The first-order valence-corrected chi connectivity index (χ1v) is 6.02. The predicted molar refractivity (Wildman–Crippen MR) is 68.9 cm³/mol. The molecule has 0 aliphatic heterocycles. The molecule has 0 amide bonds. The van der Waals surface area contributed by atoms with E-state index in [0.717, 1.165) is 18.2 Å². The molecule has 0 saturated heterocycles. The van der Waals surface area contributed by atoms with E-state index in [4.69, 9.17) is 16.3 Å². The van der Waals surface area contributed by atoms with Crippen molar-refractivity contribution >= 4 is 11.6 Å². The van der Waals surface area contributed by atoms with Gasteiger partial charge in [0.25, 0.3) is 0 Å². The van der Waals surface area contributed by atoms with Gasteiger partial charge in [-0.1, -0.05) is 29.8 Å². The molecule has 2 aromatic carbocycles. The van der Waals surface area contributed by atoms with Crippen molar-refractivity contribution in [3.05, 3.63) is 58.6 Å². The van der Waals surface area contributed by atoms with Crippen molar-refractivity contribution in [2.45, 2.75) is 12.8 Å². The van der Waals surface area contributed by atoms with E-state index < -0.39 is 11.7 Å². The van der Waals surface area contributed by atoms with Gasteiger partial charge in [-0.25, -0.2) is 0 Å². The fourth-order valence-electron chi connectivity index (χ4n) is 1.58. The molecule has 0 spiro atoms. The summed E-state index contributed by atoms with van der Waals surface area (Å²) in [6.07, 6.45) is -4.44. The van der Waals surface area contributed by atoms with Gasteiger partial charge in [0.15, 0.2) is 0 Å². The van der Waals surface area contributed by atoms with Crippen LogP contribution in [0, 0.1) is 0 Å². The van der Waals surface area contributed by atoms with E-state index in [2.05, 4.69) is 0 Å². The zero-order valence-electron chi connectivity index (χ0n) is 10.1. The second kappa shape index (κ2) is 5.63. The normalized spacial score (nSPS) is 11.4. The number of alkyl halides is 3. The van der Waals surface area contributed by atoms with Crippen LogP contribution in [0.5, 0.6) is 11.5 Å². The minimum atomic E-state index is -4.44. The molecule has 0 radical (unpaired) electrons. The molecule has 20 heavy (non-hydrogen) atoms. The van der Waals surface area contributed by atoms with Gasteiger partial charge in [0, 0.05) is 5.56 Å². The Balaban J connectivity index is 2.13. The zero-order chi connectivity index (χ0) is 14.8. The van der Waals surface area contributed by atoms with E-state index in [1.807, 2.05) is 0 Å². The molecular weight excluding hydrogens is 293 g/mol. The van der Waals surface area contributed by atoms with Gasteiger partial charge >= 0.3 is 6.18 Å². The van der Waals surface area contributed by atoms with Crippen molar-refractivity contribution in [2.24, 2.45) is 0 Å². The van der Waals surface area contributed by atoms with Crippen LogP contribution in [-0.4, -0.2) is 5.11 Å². The molecule has 2 nitrogen and oxygen atoms in total. The molecule has 106 valence electrons. The fraction of sp³-hybridized carbons (Fsp3) is 0.143. The lowest BCUT2D eigenvalue weighted by Gasteiger charge is -2.12. The highest BCUT2D eigenvalue weighted by Crippen LogP contribution is 2.35. The molecule has 0 aliphatic rings. The summed E-state index contributed by atoms with van der Waals surface area (Å²) in [5, 5.41) is 9.42. The lowest BCUT2D eigenvalue weighted by atomic mass is 10.2. The minimum Gasteiger partial charge on any atom is -0.508 e. The van der Waals surface area contributed by atoms with Gasteiger partial charge in [-0.05, 0) is 24.3 Å². The summed E-state index contributed by atoms with van der Waals surface area (Å²) in [6.45, 7) is 0.0117. The van der Waals surface area contributed by atoms with E-state index >= 15 is 0 Å². The van der Waals surface area contributed by atoms with Crippen LogP contribution in [0.1, 0.15) is 11.1 Å². The Labute approximate surface area is 118 Å². The van der Waals surface area contributed by atoms with Crippen molar-refractivity contribution in [1.82, 2.24) is 0 Å². The summed E-state index contributed by atoms with van der Waals surface area (Å²) in [5.74, 6) is 0.179. The van der Waals surface area contributed by atoms with Gasteiger partial charge < -0.3 is 9.84 Å². The van der Waals surface area contributed by atoms with Gasteiger partial charge in [-0.15, -0.1) is 0 Å². The van der Waals surface area contributed by atoms with Crippen LogP contribution in [0.3, 0.4) is 0 Å². The number of phenolic OH excluding ortho intramolecular Hbond substituents is 1. The number of phenols is 1. The number of para-hydroxylation sites is 1. The highest BCUT2D eigenvalue weighted by Gasteiger charge is 2.31. The Bertz CT molecular complexity index is 612. The molecule has 0 fully saturated rings. The van der Waals surface area contributed by atoms with Crippen LogP contribution in [0.15, 0.2) is 42.5 Å². The van der Waals surface area contributed by atoms with E-state index in [-0.39, 0.29) is 23.1 Å². The number of ether oxygens (including phenoxy) is 1. The first kappa shape index (κ1) is 14.5. The molecule has 0 aliphatic carbocycles. The maximum absolute atomic E-state index is 12.5. The second-order valence-corrected chi connectivity index (χ2v) is 4.47. The molecular formula is C14H10ClF3O2. The van der Waals surface area contributed by atoms with E-state index in [1.54, 1.807) is 18.2 Å². The van der Waals surface area contributed by atoms with Crippen LogP contribution < -0.4 is 4.74 Å². The molecule has 0 bridgehead atoms. The highest BCUT2D eigenvalue weighted by atomic mass is 35.5. The number of benzene rings is 2. The monoisotopic (exact) mass is 302 g/mol. The van der Waals surface area contributed by atoms with Gasteiger partial charge in [-0.2, -0.15) is 13.2 Å². The Morgan fingerprint density at radius 1 is 1.10 bits per heavy atom. The maximum atomic E-state index is 12.5. The Morgan fingerprint density at radius 3 is 2.40 bits per heavy atom. The molecule has 0 aromatic heterocycles. The van der Waals surface area contributed by atoms with Crippen LogP contribution in [0.25, 0.3) is 0 Å². The molecule has 1 N–H and O–H groups in total. The molecule has 2 rings (SSSR count). The third-order valence-corrected chi connectivity index (χ3v) is 2.93. The average molecular weight is 303 g/mol. The summed E-state index contributed by atoms with van der Waals surface area (Å²) in [7, 11) is 0. The molecule has 0 saturated carbocycles. The van der Waals surface area contributed by atoms with Crippen molar-refractivity contribution in [3.63, 3.8) is 0 Å². The van der Waals surface area contributed by atoms with Crippen LogP contribution in [0.2, 0.25) is 5.02 Å². The van der Waals surface area contributed by atoms with E-state index in [0.29, 0.717) is 5.56 Å². The Morgan fingerprint density at radius 2 is 1.80 bits per heavy atom. The lowest BCUT2D eigenvalue weighted by Crippen LogP contribution is -2.05. The van der Waals surface area contributed by atoms with Crippen molar-refractivity contribution in [3.8, 4) is 11.5 Å². The number of hydrogen-bond donors (Lipinski definition) is 1. The lowest BCUT2D eigenvalue weighted by molar-refractivity contribution is -0.137. The smallest absolute Gasteiger partial charge is 0.416 e. The van der Waals surface area contributed by atoms with Gasteiger partial charge in [0.1, 0.15) is 18.1 Å². The average Bonchev–Trinajstić information content (AvgIpc) is 2.38. The molecule has 0 atom stereocenters. The highest BCUT2D eigenvalue weighted by molar-refractivity contribution is 6.32. The Hall–Kier alpha value is -1.88. The quantitative estimate of drug-likeness (QED) is 0.894. The minimum absolute atomic E-state index is 0.0117. The fourth-order valence-corrected chi connectivity index (χ4v) is 1.82. The van der Waals surface area contributed by atoms with Crippen molar-refractivity contribution < 1.29 is 23.0 Å². The number of hydrogen-bond acceptors (Lipinski definition) is 2. The molecule has 2 aromatic rings. The second-order valence-electron chi connectivity index (χ2n) is 4.06. The number of rotatable bonds is 3. The molecule has 0 heterocycles. The first-order chi connectivity index (χ1) is 9.38.